The molecular formula is C27H24Cl2N2S. The van der Waals surface area contributed by atoms with E-state index < -0.39 is 0 Å². The Morgan fingerprint density at radius 2 is 1.50 bits per heavy atom. The van der Waals surface area contributed by atoms with Gasteiger partial charge in [-0.15, -0.1) is 11.3 Å². The van der Waals surface area contributed by atoms with Gasteiger partial charge in [-0.1, -0.05) is 71.1 Å². The molecule has 1 aliphatic rings. The molecule has 5 rings (SSSR count). The molecule has 0 N–H and O–H groups in total. The van der Waals surface area contributed by atoms with Crippen molar-refractivity contribution in [2.45, 2.75) is 38.5 Å². The fraction of sp³-hybridized carbons (Fsp3) is 0.222. The van der Waals surface area contributed by atoms with Crippen LogP contribution in [-0.2, 0) is 5.41 Å². The summed E-state index contributed by atoms with van der Waals surface area (Å²) in [6, 6.07) is 23.1. The summed E-state index contributed by atoms with van der Waals surface area (Å²) in [5.74, 6) is 0. The van der Waals surface area contributed by atoms with Gasteiger partial charge < -0.3 is 0 Å². The van der Waals surface area contributed by atoms with E-state index in [1.54, 1.807) is 11.3 Å². The lowest BCUT2D eigenvalue weighted by Crippen LogP contribution is -2.38. The maximum atomic E-state index is 6.43. The molecule has 0 aliphatic heterocycles. The first-order valence-electron chi connectivity index (χ1n) is 10.8. The van der Waals surface area contributed by atoms with Gasteiger partial charge in [0.05, 0.1) is 15.7 Å². The summed E-state index contributed by atoms with van der Waals surface area (Å²) >= 11 is 14.4. The molecule has 0 atom stereocenters. The first-order chi connectivity index (χ1) is 15.5. The topological polar surface area (TPSA) is 17.3 Å². The van der Waals surface area contributed by atoms with Gasteiger partial charge in [0, 0.05) is 22.2 Å². The van der Waals surface area contributed by atoms with Crippen LogP contribution in [0.2, 0.25) is 10.0 Å². The van der Waals surface area contributed by atoms with E-state index in [1.807, 2.05) is 12.1 Å². The summed E-state index contributed by atoms with van der Waals surface area (Å²) in [4.78, 5) is 6.00. The summed E-state index contributed by atoms with van der Waals surface area (Å²) in [7, 11) is 0. The lowest BCUT2D eigenvalue weighted by atomic mass is 9.62. The van der Waals surface area contributed by atoms with E-state index in [1.165, 1.54) is 28.8 Å². The molecule has 0 radical (unpaired) electrons. The number of aromatic nitrogens is 1. The van der Waals surface area contributed by atoms with Gasteiger partial charge in [-0.05, 0) is 68.7 Å². The molecule has 2 nitrogen and oxygen atoms in total. The van der Waals surface area contributed by atoms with Crippen molar-refractivity contribution in [3.8, 4) is 5.69 Å². The summed E-state index contributed by atoms with van der Waals surface area (Å²) in [6.45, 7) is 4.21. The molecule has 0 spiro atoms. The molecule has 1 saturated carbocycles. The third kappa shape index (κ3) is 3.83. The number of thiazole rings is 1. The fourth-order valence-electron chi connectivity index (χ4n) is 4.41. The normalized spacial score (nSPS) is 15.6. The zero-order valence-corrected chi connectivity index (χ0v) is 20.4. The second-order valence-corrected chi connectivity index (χ2v) is 10.2. The standard InChI is InChI=1S/C27H24Cl2N2S/c1-18-4-9-21(10-5-18)30-26-31(22-11-6-19(2)7-12-22)25(17-32-26)27(14-3-15-27)20-8-13-23(28)24(29)16-20/h4-13,16-17H,3,14-15H2,1-2H3. The summed E-state index contributed by atoms with van der Waals surface area (Å²) in [6.07, 6.45) is 3.35. The fourth-order valence-corrected chi connectivity index (χ4v) is 5.72. The average Bonchev–Trinajstić information content (AvgIpc) is 3.16. The number of halogens is 2. The number of nitrogens with zero attached hydrogens (tertiary/aromatic N) is 2. The smallest absolute Gasteiger partial charge is 0.194 e. The first-order valence-corrected chi connectivity index (χ1v) is 12.4. The minimum absolute atomic E-state index is 0.0866. The highest BCUT2D eigenvalue weighted by atomic mass is 35.5. The van der Waals surface area contributed by atoms with Crippen LogP contribution in [0.25, 0.3) is 5.69 Å². The predicted octanol–water partition coefficient (Wildman–Crippen LogP) is 8.16. The molecule has 0 unspecified atom stereocenters. The largest absolute Gasteiger partial charge is 0.289 e. The van der Waals surface area contributed by atoms with E-state index >= 15 is 0 Å². The molecule has 1 fully saturated rings. The van der Waals surface area contributed by atoms with Crippen LogP contribution in [0.5, 0.6) is 0 Å². The van der Waals surface area contributed by atoms with E-state index in [2.05, 4.69) is 78.4 Å². The van der Waals surface area contributed by atoms with E-state index in [-0.39, 0.29) is 5.41 Å². The van der Waals surface area contributed by atoms with Crippen molar-refractivity contribution in [3.05, 3.63) is 109 Å². The molecule has 4 aromatic rings. The molecule has 3 aromatic carbocycles. The van der Waals surface area contributed by atoms with Crippen molar-refractivity contribution >= 4 is 40.2 Å². The van der Waals surface area contributed by atoms with Crippen LogP contribution in [0.1, 0.15) is 41.6 Å². The minimum Gasteiger partial charge on any atom is -0.289 e. The molecule has 1 aromatic heterocycles. The van der Waals surface area contributed by atoms with Gasteiger partial charge in [-0.2, -0.15) is 0 Å². The maximum absolute atomic E-state index is 6.43. The number of hydrogen-bond donors (Lipinski definition) is 0. The Hall–Kier alpha value is -2.33. The van der Waals surface area contributed by atoms with Crippen LogP contribution in [0.3, 0.4) is 0 Å². The zero-order valence-electron chi connectivity index (χ0n) is 18.1. The highest BCUT2D eigenvalue weighted by molar-refractivity contribution is 7.07. The van der Waals surface area contributed by atoms with E-state index in [4.69, 9.17) is 28.2 Å². The Labute approximate surface area is 202 Å². The third-order valence-electron chi connectivity index (χ3n) is 6.43. The van der Waals surface area contributed by atoms with Crippen molar-refractivity contribution in [3.63, 3.8) is 0 Å². The van der Waals surface area contributed by atoms with Crippen LogP contribution < -0.4 is 4.80 Å². The van der Waals surface area contributed by atoms with Gasteiger partial charge >= 0.3 is 0 Å². The van der Waals surface area contributed by atoms with Crippen molar-refractivity contribution in [2.24, 2.45) is 4.99 Å². The molecule has 0 saturated heterocycles. The maximum Gasteiger partial charge on any atom is 0.194 e. The highest BCUT2D eigenvalue weighted by Gasteiger charge is 2.43. The minimum atomic E-state index is -0.0866. The van der Waals surface area contributed by atoms with Gasteiger partial charge in [0.1, 0.15) is 0 Å². The third-order valence-corrected chi connectivity index (χ3v) is 7.99. The Kier molecular flexibility index (Phi) is 5.75. The number of rotatable bonds is 4. The lowest BCUT2D eigenvalue weighted by molar-refractivity contribution is 0.289. The van der Waals surface area contributed by atoms with Gasteiger partial charge in [0.2, 0.25) is 0 Å². The molecule has 1 aliphatic carbocycles. The van der Waals surface area contributed by atoms with Gasteiger partial charge in [0.25, 0.3) is 0 Å². The van der Waals surface area contributed by atoms with E-state index in [0.29, 0.717) is 10.0 Å². The molecule has 5 heteroatoms. The number of aryl methyl sites for hydroxylation is 2. The molecule has 1 heterocycles. The van der Waals surface area contributed by atoms with Crippen molar-refractivity contribution < 1.29 is 0 Å². The summed E-state index contributed by atoms with van der Waals surface area (Å²) in [5.41, 5.74) is 6.96. The van der Waals surface area contributed by atoms with Crippen LogP contribution in [-0.4, -0.2) is 4.57 Å². The predicted molar refractivity (Wildman–Crippen MR) is 136 cm³/mol. The summed E-state index contributed by atoms with van der Waals surface area (Å²) in [5, 5.41) is 3.47. The van der Waals surface area contributed by atoms with Gasteiger partial charge in [-0.25, -0.2) is 4.99 Å². The second kappa shape index (κ2) is 8.55. The second-order valence-electron chi connectivity index (χ2n) is 8.59. The molecular weight excluding hydrogens is 455 g/mol. The first kappa shape index (κ1) is 21.5. The summed E-state index contributed by atoms with van der Waals surface area (Å²) < 4.78 is 2.33. The number of hydrogen-bond acceptors (Lipinski definition) is 2. The van der Waals surface area contributed by atoms with Crippen LogP contribution >= 0.6 is 34.5 Å². The average molecular weight is 479 g/mol. The van der Waals surface area contributed by atoms with Crippen molar-refractivity contribution in [2.75, 3.05) is 0 Å². The van der Waals surface area contributed by atoms with Crippen LogP contribution in [0.15, 0.2) is 77.1 Å². The number of benzene rings is 3. The zero-order chi connectivity index (χ0) is 22.3. The molecule has 0 amide bonds. The van der Waals surface area contributed by atoms with Gasteiger partial charge in [-0.3, -0.25) is 4.57 Å². The SMILES string of the molecule is Cc1ccc(N=c2scc(C3(c4ccc(Cl)c(Cl)c4)CCC3)n2-c2ccc(C)cc2)cc1. The van der Waals surface area contributed by atoms with Crippen molar-refractivity contribution in [1.82, 2.24) is 4.57 Å². The Morgan fingerprint density at radius 1 is 0.844 bits per heavy atom. The molecule has 32 heavy (non-hydrogen) atoms. The lowest BCUT2D eigenvalue weighted by Gasteiger charge is -2.43. The van der Waals surface area contributed by atoms with Gasteiger partial charge in [0.15, 0.2) is 4.80 Å². The van der Waals surface area contributed by atoms with Crippen LogP contribution in [0.4, 0.5) is 5.69 Å². The van der Waals surface area contributed by atoms with E-state index in [0.717, 1.165) is 29.0 Å². The highest BCUT2D eigenvalue weighted by Crippen LogP contribution is 2.50. The Morgan fingerprint density at radius 3 is 2.09 bits per heavy atom. The molecule has 162 valence electrons. The Balaban J connectivity index is 1.73. The van der Waals surface area contributed by atoms with Crippen molar-refractivity contribution in [1.29, 1.82) is 0 Å². The van der Waals surface area contributed by atoms with Crippen LogP contribution in [0, 0.1) is 13.8 Å². The van der Waals surface area contributed by atoms with E-state index in [9.17, 15) is 0 Å². The molecule has 0 bridgehead atoms. The quantitative estimate of drug-likeness (QED) is 0.281. The monoisotopic (exact) mass is 478 g/mol. The Bertz CT molecular complexity index is 1330.